The van der Waals surface area contributed by atoms with Gasteiger partial charge in [-0.15, -0.1) is 0 Å². The van der Waals surface area contributed by atoms with Crippen molar-refractivity contribution in [3.8, 4) is 0 Å². The number of rotatable bonds is 2. The van der Waals surface area contributed by atoms with E-state index in [1.807, 2.05) is 32.9 Å². The van der Waals surface area contributed by atoms with Crippen molar-refractivity contribution in [3.63, 3.8) is 0 Å². The number of hydrogen-bond donors (Lipinski definition) is 2. The molecule has 4 nitrogen and oxygen atoms in total. The van der Waals surface area contributed by atoms with Gasteiger partial charge in [0.1, 0.15) is 5.60 Å². The molecular weight excluding hydrogens is 278 g/mol. The Kier molecular flexibility index (Phi) is 3.98. The summed E-state index contributed by atoms with van der Waals surface area (Å²) in [5.74, 6) is 0. The zero-order valence-electron chi connectivity index (χ0n) is 11.9. The van der Waals surface area contributed by atoms with E-state index in [0.717, 1.165) is 5.56 Å². The third-order valence-electron chi connectivity index (χ3n) is 3.31. The van der Waals surface area contributed by atoms with Gasteiger partial charge >= 0.3 is 6.09 Å². The fourth-order valence-electron chi connectivity index (χ4n) is 2.42. The third-order valence-corrected chi connectivity index (χ3v) is 3.56. The van der Waals surface area contributed by atoms with Gasteiger partial charge in [-0.3, -0.25) is 0 Å². The first-order chi connectivity index (χ1) is 9.20. The fourth-order valence-corrected chi connectivity index (χ4v) is 2.55. The number of nitrogens with one attached hydrogen (secondary N) is 1. The summed E-state index contributed by atoms with van der Waals surface area (Å²) in [7, 11) is 0. The normalized spacial score (nSPS) is 25.8. The van der Waals surface area contributed by atoms with Crippen LogP contribution in [0.3, 0.4) is 0 Å². The number of ether oxygens (including phenoxy) is 1. The summed E-state index contributed by atoms with van der Waals surface area (Å²) in [6.45, 7) is 5.45. The second-order valence-electron chi connectivity index (χ2n) is 6.28. The Morgan fingerprint density at radius 3 is 2.35 bits per heavy atom. The summed E-state index contributed by atoms with van der Waals surface area (Å²) in [6.07, 6.45) is 0.0850. The molecule has 2 rings (SSSR count). The summed E-state index contributed by atoms with van der Waals surface area (Å²) in [5.41, 5.74) is -0.182. The molecule has 110 valence electrons. The fraction of sp³-hybridized carbons (Fsp3) is 0.533. The molecule has 0 aliphatic heterocycles. The second-order valence-corrected chi connectivity index (χ2v) is 6.71. The molecule has 0 saturated heterocycles. The van der Waals surface area contributed by atoms with Gasteiger partial charge in [0, 0.05) is 17.9 Å². The minimum atomic E-state index is -0.563. The van der Waals surface area contributed by atoms with E-state index in [0.29, 0.717) is 17.9 Å². The first-order valence-electron chi connectivity index (χ1n) is 6.65. The van der Waals surface area contributed by atoms with Crippen molar-refractivity contribution in [3.05, 3.63) is 34.9 Å². The van der Waals surface area contributed by atoms with Crippen molar-refractivity contribution in [2.45, 2.75) is 50.9 Å². The average molecular weight is 298 g/mol. The van der Waals surface area contributed by atoms with Gasteiger partial charge in [-0.1, -0.05) is 23.7 Å². The predicted molar refractivity (Wildman–Crippen MR) is 77.7 cm³/mol. The summed E-state index contributed by atoms with van der Waals surface area (Å²) in [6, 6.07) is 7.29. The van der Waals surface area contributed by atoms with Crippen LogP contribution in [0, 0.1) is 0 Å². The van der Waals surface area contributed by atoms with Gasteiger partial charge in [0.25, 0.3) is 0 Å². The van der Waals surface area contributed by atoms with Crippen LogP contribution in [0.4, 0.5) is 4.79 Å². The molecule has 1 fully saturated rings. The molecule has 1 aliphatic carbocycles. The number of carbonyl (C=O) groups is 1. The third kappa shape index (κ3) is 3.44. The van der Waals surface area contributed by atoms with E-state index in [1.165, 1.54) is 0 Å². The number of aliphatic hydroxyl groups is 1. The quantitative estimate of drug-likeness (QED) is 0.881. The number of aliphatic hydroxyl groups excluding tert-OH is 1. The van der Waals surface area contributed by atoms with Gasteiger partial charge in [-0.25, -0.2) is 4.79 Å². The van der Waals surface area contributed by atoms with Crippen molar-refractivity contribution in [1.82, 2.24) is 5.32 Å². The van der Waals surface area contributed by atoms with Gasteiger partial charge in [0.05, 0.1) is 11.6 Å². The van der Waals surface area contributed by atoms with Crippen LogP contribution in [-0.4, -0.2) is 22.9 Å². The van der Waals surface area contributed by atoms with E-state index < -0.39 is 23.3 Å². The Morgan fingerprint density at radius 2 is 1.90 bits per heavy atom. The van der Waals surface area contributed by atoms with Crippen LogP contribution in [0.15, 0.2) is 24.3 Å². The minimum Gasteiger partial charge on any atom is -0.444 e. The van der Waals surface area contributed by atoms with Crippen LogP contribution in [0.2, 0.25) is 5.02 Å². The number of benzene rings is 1. The average Bonchev–Trinajstić information content (AvgIpc) is 2.24. The van der Waals surface area contributed by atoms with E-state index in [1.54, 1.807) is 12.1 Å². The van der Waals surface area contributed by atoms with E-state index >= 15 is 0 Å². The molecule has 2 N–H and O–H groups in total. The molecule has 0 spiro atoms. The molecule has 0 radical (unpaired) electrons. The molecule has 1 amide bonds. The maximum absolute atomic E-state index is 12.0. The molecule has 1 aromatic rings. The Morgan fingerprint density at radius 1 is 1.35 bits per heavy atom. The first-order valence-corrected chi connectivity index (χ1v) is 7.03. The maximum Gasteiger partial charge on any atom is 0.408 e. The molecule has 0 bridgehead atoms. The molecular formula is C15H20ClNO3. The monoisotopic (exact) mass is 297 g/mol. The van der Waals surface area contributed by atoms with Crippen molar-refractivity contribution in [1.29, 1.82) is 0 Å². The SMILES string of the molecule is CC(C)(C)OC(=O)NC1(c2ccc(Cl)cc2)CC(O)C1. The lowest BCUT2D eigenvalue weighted by molar-refractivity contribution is -0.0124. The van der Waals surface area contributed by atoms with E-state index in [-0.39, 0.29) is 0 Å². The number of carbonyl (C=O) groups excluding carboxylic acids is 1. The number of alkyl carbamates (subject to hydrolysis) is 1. The summed E-state index contributed by atoms with van der Waals surface area (Å²) >= 11 is 5.88. The largest absolute Gasteiger partial charge is 0.444 e. The van der Waals surface area contributed by atoms with Crippen molar-refractivity contribution < 1.29 is 14.6 Å². The molecule has 0 atom stereocenters. The highest BCUT2D eigenvalue weighted by molar-refractivity contribution is 6.30. The lowest BCUT2D eigenvalue weighted by Crippen LogP contribution is -2.57. The Balaban J connectivity index is 2.14. The number of hydrogen-bond acceptors (Lipinski definition) is 3. The highest BCUT2D eigenvalue weighted by Gasteiger charge is 2.46. The highest BCUT2D eigenvalue weighted by Crippen LogP contribution is 2.42. The second kappa shape index (κ2) is 5.26. The minimum absolute atomic E-state index is 0.402. The number of halogens is 1. The zero-order valence-corrected chi connectivity index (χ0v) is 12.7. The van der Waals surface area contributed by atoms with Crippen LogP contribution in [0.5, 0.6) is 0 Å². The van der Waals surface area contributed by atoms with Gasteiger partial charge < -0.3 is 15.2 Å². The molecule has 0 aromatic heterocycles. The smallest absolute Gasteiger partial charge is 0.408 e. The van der Waals surface area contributed by atoms with Crippen LogP contribution >= 0.6 is 11.6 Å². The van der Waals surface area contributed by atoms with Crippen molar-refractivity contribution in [2.24, 2.45) is 0 Å². The summed E-state index contributed by atoms with van der Waals surface area (Å²) < 4.78 is 5.29. The zero-order chi connectivity index (χ0) is 15.0. The van der Waals surface area contributed by atoms with E-state index in [2.05, 4.69) is 5.32 Å². The van der Waals surface area contributed by atoms with Crippen LogP contribution in [0.25, 0.3) is 0 Å². The van der Waals surface area contributed by atoms with E-state index in [4.69, 9.17) is 16.3 Å². The lowest BCUT2D eigenvalue weighted by atomic mass is 9.70. The van der Waals surface area contributed by atoms with Gasteiger partial charge in [-0.05, 0) is 38.5 Å². The Bertz CT molecular complexity index is 487. The lowest BCUT2D eigenvalue weighted by Gasteiger charge is -2.46. The standard InChI is InChI=1S/C15H20ClNO3/c1-14(2,3)20-13(19)17-15(8-12(18)9-15)10-4-6-11(16)7-5-10/h4-7,12,18H,8-9H2,1-3H3,(H,17,19). The van der Waals surface area contributed by atoms with Crippen molar-refractivity contribution in [2.75, 3.05) is 0 Å². The topological polar surface area (TPSA) is 58.6 Å². The summed E-state index contributed by atoms with van der Waals surface area (Å²) in [5, 5.41) is 13.2. The Labute approximate surface area is 124 Å². The van der Waals surface area contributed by atoms with Crippen LogP contribution in [-0.2, 0) is 10.3 Å². The molecule has 1 aromatic carbocycles. The molecule has 20 heavy (non-hydrogen) atoms. The maximum atomic E-state index is 12.0. The van der Waals surface area contributed by atoms with Crippen molar-refractivity contribution >= 4 is 17.7 Å². The highest BCUT2D eigenvalue weighted by atomic mass is 35.5. The molecule has 0 heterocycles. The first kappa shape index (κ1) is 15.1. The van der Waals surface area contributed by atoms with Crippen LogP contribution in [0.1, 0.15) is 39.2 Å². The van der Waals surface area contributed by atoms with Gasteiger partial charge in [-0.2, -0.15) is 0 Å². The molecule has 0 unspecified atom stereocenters. The summed E-state index contributed by atoms with van der Waals surface area (Å²) in [4.78, 5) is 12.0. The van der Waals surface area contributed by atoms with Gasteiger partial charge in [0.15, 0.2) is 0 Å². The molecule has 5 heteroatoms. The number of amides is 1. The predicted octanol–water partition coefficient (Wildman–Crippen LogP) is 3.21. The molecule has 1 aliphatic rings. The van der Waals surface area contributed by atoms with Crippen LogP contribution < -0.4 is 5.32 Å². The Hall–Kier alpha value is -1.26. The van der Waals surface area contributed by atoms with Gasteiger partial charge in [0.2, 0.25) is 0 Å². The molecule has 1 saturated carbocycles. The van der Waals surface area contributed by atoms with E-state index in [9.17, 15) is 9.90 Å².